The van der Waals surface area contributed by atoms with Gasteiger partial charge in [0.25, 0.3) is 0 Å². The third-order valence-corrected chi connectivity index (χ3v) is 2.15. The van der Waals surface area contributed by atoms with Gasteiger partial charge in [-0.15, -0.1) is 11.8 Å². The van der Waals surface area contributed by atoms with Gasteiger partial charge in [0.05, 0.1) is 0 Å². The van der Waals surface area contributed by atoms with Gasteiger partial charge in [0, 0.05) is 17.0 Å². The van der Waals surface area contributed by atoms with Gasteiger partial charge in [0.1, 0.15) is 7.05 Å². The maximum atomic E-state index is 2.16. The molecule has 0 bridgehead atoms. The summed E-state index contributed by atoms with van der Waals surface area (Å²) in [6.07, 6.45) is 4.13. The topological polar surface area (TPSA) is 3.88 Å². The molecule has 0 radical (unpaired) electrons. The standard InChI is InChI=1S/C8H12NS/c1-3-10-8-4-6-9(2)7-5-8/h4-7H,3H2,1-2H3/q+1. The molecule has 2 heteroatoms. The Labute approximate surface area is 66.1 Å². The van der Waals surface area contributed by atoms with Crippen LogP contribution in [0.25, 0.3) is 0 Å². The van der Waals surface area contributed by atoms with E-state index in [1.165, 1.54) is 4.90 Å². The molecule has 0 saturated carbocycles. The molecule has 54 valence electrons. The van der Waals surface area contributed by atoms with Gasteiger partial charge in [-0.2, -0.15) is 0 Å². The van der Waals surface area contributed by atoms with Crippen molar-refractivity contribution in [3.63, 3.8) is 0 Å². The zero-order valence-electron chi connectivity index (χ0n) is 6.37. The summed E-state index contributed by atoms with van der Waals surface area (Å²) in [4.78, 5) is 1.35. The average molecular weight is 154 g/mol. The van der Waals surface area contributed by atoms with Gasteiger partial charge in [-0.3, -0.25) is 0 Å². The van der Waals surface area contributed by atoms with E-state index in [4.69, 9.17) is 0 Å². The van der Waals surface area contributed by atoms with Crippen molar-refractivity contribution in [2.45, 2.75) is 11.8 Å². The normalized spacial score (nSPS) is 9.80. The van der Waals surface area contributed by atoms with Crippen LogP contribution in [-0.2, 0) is 7.05 Å². The Bertz CT molecular complexity index is 193. The van der Waals surface area contributed by atoms with Crippen LogP contribution >= 0.6 is 11.8 Å². The van der Waals surface area contributed by atoms with E-state index in [2.05, 4.69) is 31.5 Å². The first-order valence-corrected chi connectivity index (χ1v) is 4.39. The van der Waals surface area contributed by atoms with Crippen LogP contribution in [0.5, 0.6) is 0 Å². The van der Waals surface area contributed by atoms with Crippen LogP contribution in [0, 0.1) is 0 Å². The van der Waals surface area contributed by atoms with E-state index in [0.717, 1.165) is 5.75 Å². The Morgan fingerprint density at radius 1 is 1.40 bits per heavy atom. The molecule has 1 rings (SSSR count). The lowest BCUT2D eigenvalue weighted by Gasteiger charge is -1.93. The molecule has 0 aliphatic heterocycles. The molecule has 10 heavy (non-hydrogen) atoms. The third kappa shape index (κ3) is 2.03. The molecule has 0 atom stereocenters. The number of hydrogen-bond acceptors (Lipinski definition) is 1. The highest BCUT2D eigenvalue weighted by Crippen LogP contribution is 2.13. The molecular formula is C8H12NS+. The Morgan fingerprint density at radius 3 is 2.50 bits per heavy atom. The lowest BCUT2D eigenvalue weighted by atomic mass is 10.5. The van der Waals surface area contributed by atoms with E-state index in [0.29, 0.717) is 0 Å². The van der Waals surface area contributed by atoms with Crippen LogP contribution in [0.15, 0.2) is 29.4 Å². The quantitative estimate of drug-likeness (QED) is 0.462. The number of thioether (sulfide) groups is 1. The summed E-state index contributed by atoms with van der Waals surface area (Å²) in [6, 6.07) is 4.27. The molecule has 0 fully saturated rings. The van der Waals surface area contributed by atoms with Crippen molar-refractivity contribution in [2.24, 2.45) is 7.05 Å². The van der Waals surface area contributed by atoms with Crippen LogP contribution in [0.1, 0.15) is 6.92 Å². The maximum Gasteiger partial charge on any atom is 0.169 e. The van der Waals surface area contributed by atoms with Crippen LogP contribution in [-0.4, -0.2) is 5.75 Å². The molecule has 0 amide bonds. The van der Waals surface area contributed by atoms with Crippen LogP contribution in [0.4, 0.5) is 0 Å². The van der Waals surface area contributed by atoms with Gasteiger partial charge in [-0.25, -0.2) is 4.57 Å². The molecule has 0 aliphatic rings. The zero-order valence-corrected chi connectivity index (χ0v) is 7.19. The number of hydrogen-bond donors (Lipinski definition) is 0. The van der Waals surface area contributed by atoms with Crippen molar-refractivity contribution in [1.82, 2.24) is 0 Å². The summed E-state index contributed by atoms with van der Waals surface area (Å²) in [7, 11) is 2.03. The fraction of sp³-hybridized carbons (Fsp3) is 0.375. The summed E-state index contributed by atoms with van der Waals surface area (Å²) < 4.78 is 2.04. The van der Waals surface area contributed by atoms with E-state index in [9.17, 15) is 0 Å². The molecular weight excluding hydrogens is 142 g/mol. The molecule has 1 nitrogen and oxygen atoms in total. The van der Waals surface area contributed by atoms with Crippen molar-refractivity contribution in [1.29, 1.82) is 0 Å². The highest BCUT2D eigenvalue weighted by Gasteiger charge is 1.92. The summed E-state index contributed by atoms with van der Waals surface area (Å²) in [5, 5.41) is 0. The molecule has 0 N–H and O–H groups in total. The lowest BCUT2D eigenvalue weighted by molar-refractivity contribution is -0.671. The van der Waals surface area contributed by atoms with Gasteiger partial charge >= 0.3 is 0 Å². The minimum atomic E-state index is 1.15. The first-order valence-electron chi connectivity index (χ1n) is 3.41. The maximum absolute atomic E-state index is 2.16. The number of aryl methyl sites for hydroxylation is 1. The Balaban J connectivity index is 2.69. The molecule has 1 heterocycles. The lowest BCUT2D eigenvalue weighted by Crippen LogP contribution is -2.25. The average Bonchev–Trinajstić information content (AvgIpc) is 1.95. The summed E-state index contributed by atoms with van der Waals surface area (Å²) in [5.41, 5.74) is 0. The van der Waals surface area contributed by atoms with Crippen LogP contribution < -0.4 is 4.57 Å². The third-order valence-electron chi connectivity index (χ3n) is 1.26. The molecule has 0 spiro atoms. The van der Waals surface area contributed by atoms with Crippen molar-refractivity contribution in [3.05, 3.63) is 24.5 Å². The number of rotatable bonds is 2. The minimum absolute atomic E-state index is 1.15. The molecule has 1 aromatic rings. The number of pyridine rings is 1. The summed E-state index contributed by atoms with van der Waals surface area (Å²) >= 11 is 1.87. The van der Waals surface area contributed by atoms with E-state index in [1.807, 2.05) is 23.4 Å². The highest BCUT2D eigenvalue weighted by atomic mass is 32.2. The second-order valence-corrected chi connectivity index (χ2v) is 3.47. The first kappa shape index (κ1) is 7.61. The predicted molar refractivity (Wildman–Crippen MR) is 44.0 cm³/mol. The van der Waals surface area contributed by atoms with Crippen LogP contribution in [0.2, 0.25) is 0 Å². The second-order valence-electron chi connectivity index (χ2n) is 2.13. The molecule has 0 unspecified atom stereocenters. The SMILES string of the molecule is CCSc1cc[n+](C)cc1. The number of nitrogens with zero attached hydrogens (tertiary/aromatic N) is 1. The van der Waals surface area contributed by atoms with E-state index in [1.54, 1.807) is 0 Å². The van der Waals surface area contributed by atoms with Gasteiger partial charge in [0.2, 0.25) is 0 Å². The van der Waals surface area contributed by atoms with E-state index >= 15 is 0 Å². The first-order chi connectivity index (χ1) is 4.83. The fourth-order valence-corrected chi connectivity index (χ4v) is 1.40. The van der Waals surface area contributed by atoms with E-state index in [-0.39, 0.29) is 0 Å². The largest absolute Gasteiger partial charge is 0.208 e. The second kappa shape index (κ2) is 3.62. The molecule has 1 aromatic heterocycles. The zero-order chi connectivity index (χ0) is 7.40. The highest BCUT2D eigenvalue weighted by molar-refractivity contribution is 7.99. The Morgan fingerprint density at radius 2 is 2.00 bits per heavy atom. The monoisotopic (exact) mass is 154 g/mol. The van der Waals surface area contributed by atoms with E-state index < -0.39 is 0 Å². The Kier molecular flexibility index (Phi) is 2.75. The Hall–Kier alpha value is -0.500. The fourth-order valence-electron chi connectivity index (χ4n) is 0.750. The van der Waals surface area contributed by atoms with Crippen molar-refractivity contribution >= 4 is 11.8 Å². The van der Waals surface area contributed by atoms with Gasteiger partial charge < -0.3 is 0 Å². The van der Waals surface area contributed by atoms with Gasteiger partial charge in [0.15, 0.2) is 12.4 Å². The minimum Gasteiger partial charge on any atom is -0.208 e. The summed E-state index contributed by atoms with van der Waals surface area (Å²) in [6.45, 7) is 2.16. The molecule has 0 aromatic carbocycles. The van der Waals surface area contributed by atoms with Crippen molar-refractivity contribution in [3.8, 4) is 0 Å². The van der Waals surface area contributed by atoms with Gasteiger partial charge in [-0.05, 0) is 5.75 Å². The predicted octanol–water partition coefficient (Wildman–Crippen LogP) is 1.62. The molecule has 0 aliphatic carbocycles. The van der Waals surface area contributed by atoms with Gasteiger partial charge in [-0.1, -0.05) is 6.92 Å². The summed E-state index contributed by atoms with van der Waals surface area (Å²) in [5.74, 6) is 1.15. The van der Waals surface area contributed by atoms with Crippen LogP contribution in [0.3, 0.4) is 0 Å². The smallest absolute Gasteiger partial charge is 0.169 e. The molecule has 0 saturated heterocycles. The van der Waals surface area contributed by atoms with Crippen molar-refractivity contribution in [2.75, 3.05) is 5.75 Å². The number of aromatic nitrogens is 1. The van der Waals surface area contributed by atoms with Crippen molar-refractivity contribution < 1.29 is 4.57 Å².